The average molecular weight is 291 g/mol. The molecular weight excluding hydrogens is 274 g/mol. The van der Waals surface area contributed by atoms with E-state index < -0.39 is 4.92 Å². The van der Waals surface area contributed by atoms with E-state index in [9.17, 15) is 14.9 Å². The number of carbonyl (C=O) groups excluding carboxylic acids is 1. The van der Waals surface area contributed by atoms with Crippen molar-refractivity contribution < 1.29 is 14.5 Å². The lowest BCUT2D eigenvalue weighted by atomic mass is 9.85. The number of piperidine rings is 1. The number of nitro groups is 1. The summed E-state index contributed by atoms with van der Waals surface area (Å²) in [7, 11) is 1.44. The molecule has 0 spiro atoms. The third kappa shape index (κ3) is 2.43. The van der Waals surface area contributed by atoms with Crippen LogP contribution in [0.15, 0.2) is 18.3 Å². The first-order chi connectivity index (χ1) is 10.1. The van der Waals surface area contributed by atoms with Gasteiger partial charge in [0.1, 0.15) is 12.0 Å². The largest absolute Gasteiger partial charge is 0.469 e. The van der Waals surface area contributed by atoms with E-state index in [2.05, 4.69) is 9.88 Å². The van der Waals surface area contributed by atoms with E-state index in [1.807, 2.05) is 0 Å². The first-order valence-corrected chi connectivity index (χ1v) is 7.03. The Hall–Kier alpha value is -2.18. The van der Waals surface area contributed by atoms with Gasteiger partial charge in [0.2, 0.25) is 0 Å². The Bertz CT molecular complexity index is 546. The second kappa shape index (κ2) is 5.31. The summed E-state index contributed by atoms with van der Waals surface area (Å²) >= 11 is 0. The van der Waals surface area contributed by atoms with Crippen LogP contribution in [0.4, 0.5) is 11.5 Å². The number of carbonyl (C=O) groups is 1. The molecule has 2 atom stereocenters. The topological polar surface area (TPSA) is 85.6 Å². The van der Waals surface area contributed by atoms with Gasteiger partial charge in [0, 0.05) is 19.2 Å². The van der Waals surface area contributed by atoms with Crippen molar-refractivity contribution in [2.24, 2.45) is 17.8 Å². The number of aromatic nitrogens is 1. The molecule has 1 aliphatic heterocycles. The Morgan fingerprint density at radius 3 is 2.52 bits per heavy atom. The van der Waals surface area contributed by atoms with E-state index in [-0.39, 0.29) is 29.4 Å². The fraction of sp³-hybridized carbons (Fsp3) is 0.571. The standard InChI is InChI=1S/C14H17N3O4/c1-21-14(18)13-9-2-3-10(13)8-16(7-9)12-5-4-11(6-15-12)17(19)20/h4-6,9-10,13H,2-3,7-8H2,1H3. The fourth-order valence-corrected chi connectivity index (χ4v) is 3.60. The Balaban J connectivity index is 1.75. The molecule has 0 N–H and O–H groups in total. The molecular formula is C14H17N3O4. The zero-order chi connectivity index (χ0) is 15.0. The van der Waals surface area contributed by atoms with Gasteiger partial charge in [-0.25, -0.2) is 4.98 Å². The number of fused-ring (bicyclic) bond motifs is 2. The van der Waals surface area contributed by atoms with E-state index in [1.165, 1.54) is 19.4 Å². The molecule has 7 nitrogen and oxygen atoms in total. The summed E-state index contributed by atoms with van der Waals surface area (Å²) in [6.07, 6.45) is 3.32. The van der Waals surface area contributed by atoms with Crippen LogP contribution in [0, 0.1) is 27.9 Å². The SMILES string of the molecule is COC(=O)C1C2CCC1CN(c1ccc([N+](=O)[O-])cn1)C2. The summed E-state index contributed by atoms with van der Waals surface area (Å²) in [5, 5.41) is 10.7. The molecule has 3 rings (SSSR count). The third-order valence-electron chi connectivity index (χ3n) is 4.57. The zero-order valence-corrected chi connectivity index (χ0v) is 11.8. The van der Waals surface area contributed by atoms with Crippen molar-refractivity contribution in [3.8, 4) is 0 Å². The maximum atomic E-state index is 11.9. The van der Waals surface area contributed by atoms with E-state index in [4.69, 9.17) is 4.74 Å². The van der Waals surface area contributed by atoms with Gasteiger partial charge in [0.15, 0.2) is 0 Å². The molecule has 1 saturated heterocycles. The van der Waals surface area contributed by atoms with Crippen LogP contribution < -0.4 is 4.90 Å². The predicted molar refractivity (Wildman–Crippen MR) is 74.8 cm³/mol. The van der Waals surface area contributed by atoms with Crippen LogP contribution in [0.1, 0.15) is 12.8 Å². The quantitative estimate of drug-likeness (QED) is 0.478. The van der Waals surface area contributed by atoms with Gasteiger partial charge in [-0.05, 0) is 30.7 Å². The second-order valence-electron chi connectivity index (χ2n) is 5.68. The first kappa shape index (κ1) is 13.8. The molecule has 1 aromatic rings. The Labute approximate surface area is 122 Å². The maximum Gasteiger partial charge on any atom is 0.309 e. The number of ether oxygens (including phenoxy) is 1. The first-order valence-electron chi connectivity index (χ1n) is 7.03. The molecule has 2 unspecified atom stereocenters. The molecule has 2 fully saturated rings. The van der Waals surface area contributed by atoms with Crippen LogP contribution in [0.2, 0.25) is 0 Å². The summed E-state index contributed by atoms with van der Waals surface area (Å²) in [6, 6.07) is 3.15. The molecule has 7 heteroatoms. The number of anilines is 1. The molecule has 2 heterocycles. The highest BCUT2D eigenvalue weighted by Gasteiger charge is 2.46. The van der Waals surface area contributed by atoms with Crippen LogP contribution in [-0.4, -0.2) is 36.1 Å². The van der Waals surface area contributed by atoms with Gasteiger partial charge in [-0.3, -0.25) is 14.9 Å². The maximum absolute atomic E-state index is 11.9. The number of rotatable bonds is 3. The van der Waals surface area contributed by atoms with Crippen LogP contribution in [0.25, 0.3) is 0 Å². The van der Waals surface area contributed by atoms with Crippen molar-refractivity contribution in [3.63, 3.8) is 0 Å². The predicted octanol–water partition coefficient (Wildman–Crippen LogP) is 1.63. The van der Waals surface area contributed by atoms with E-state index >= 15 is 0 Å². The molecule has 1 aliphatic carbocycles. The van der Waals surface area contributed by atoms with Crippen LogP contribution in [0.5, 0.6) is 0 Å². The van der Waals surface area contributed by atoms with Crippen molar-refractivity contribution in [1.29, 1.82) is 0 Å². The summed E-state index contributed by atoms with van der Waals surface area (Å²) < 4.78 is 4.91. The Kier molecular flexibility index (Phi) is 3.48. The molecule has 21 heavy (non-hydrogen) atoms. The summed E-state index contributed by atoms with van der Waals surface area (Å²) in [5.74, 6) is 1.19. The minimum Gasteiger partial charge on any atom is -0.469 e. The number of hydrogen-bond donors (Lipinski definition) is 0. The number of methoxy groups -OCH3 is 1. The summed E-state index contributed by atoms with van der Waals surface area (Å²) in [5.41, 5.74) is -0.00818. The molecule has 112 valence electrons. The molecule has 0 aromatic carbocycles. The molecule has 1 aromatic heterocycles. The van der Waals surface area contributed by atoms with E-state index in [0.29, 0.717) is 0 Å². The Morgan fingerprint density at radius 1 is 1.38 bits per heavy atom. The van der Waals surface area contributed by atoms with Gasteiger partial charge in [0.25, 0.3) is 5.69 Å². The smallest absolute Gasteiger partial charge is 0.309 e. The monoisotopic (exact) mass is 291 g/mol. The number of esters is 1. The number of pyridine rings is 1. The molecule has 1 saturated carbocycles. The minimum absolute atomic E-state index is 0.00818. The highest BCUT2D eigenvalue weighted by atomic mass is 16.6. The molecule has 0 radical (unpaired) electrons. The van der Waals surface area contributed by atoms with Gasteiger partial charge in [0.05, 0.1) is 18.0 Å². The highest BCUT2D eigenvalue weighted by molar-refractivity contribution is 5.74. The van der Waals surface area contributed by atoms with Crippen molar-refractivity contribution >= 4 is 17.5 Å². The molecule has 2 bridgehead atoms. The number of hydrogen-bond acceptors (Lipinski definition) is 6. The zero-order valence-electron chi connectivity index (χ0n) is 11.8. The van der Waals surface area contributed by atoms with Gasteiger partial charge < -0.3 is 9.64 Å². The molecule has 2 aliphatic rings. The number of nitrogens with zero attached hydrogens (tertiary/aromatic N) is 3. The van der Waals surface area contributed by atoms with Crippen molar-refractivity contribution in [3.05, 3.63) is 28.4 Å². The van der Waals surface area contributed by atoms with Gasteiger partial charge in [-0.15, -0.1) is 0 Å². The van der Waals surface area contributed by atoms with Gasteiger partial charge in [-0.2, -0.15) is 0 Å². The lowest BCUT2D eigenvalue weighted by molar-refractivity contribution is -0.385. The van der Waals surface area contributed by atoms with Crippen molar-refractivity contribution in [2.75, 3.05) is 25.1 Å². The van der Waals surface area contributed by atoms with Crippen LogP contribution in [0.3, 0.4) is 0 Å². The third-order valence-corrected chi connectivity index (χ3v) is 4.57. The average Bonchev–Trinajstić information content (AvgIpc) is 2.76. The minimum atomic E-state index is -0.454. The lowest BCUT2D eigenvalue weighted by Crippen LogP contribution is -2.45. The molecule has 0 amide bonds. The van der Waals surface area contributed by atoms with Crippen molar-refractivity contribution in [2.45, 2.75) is 12.8 Å². The van der Waals surface area contributed by atoms with Gasteiger partial charge in [-0.1, -0.05) is 0 Å². The lowest BCUT2D eigenvalue weighted by Gasteiger charge is -2.37. The summed E-state index contributed by atoms with van der Waals surface area (Å²) in [4.78, 5) is 28.4. The van der Waals surface area contributed by atoms with E-state index in [1.54, 1.807) is 6.07 Å². The van der Waals surface area contributed by atoms with E-state index in [0.717, 1.165) is 31.7 Å². The van der Waals surface area contributed by atoms with Crippen molar-refractivity contribution in [1.82, 2.24) is 4.98 Å². The van der Waals surface area contributed by atoms with Crippen LogP contribution in [-0.2, 0) is 9.53 Å². The normalized spacial score (nSPS) is 27.5. The summed E-state index contributed by atoms with van der Waals surface area (Å²) in [6.45, 7) is 1.50. The second-order valence-corrected chi connectivity index (χ2v) is 5.68. The Morgan fingerprint density at radius 2 is 2.05 bits per heavy atom. The van der Waals surface area contributed by atoms with Gasteiger partial charge >= 0.3 is 5.97 Å². The van der Waals surface area contributed by atoms with Crippen LogP contribution >= 0.6 is 0 Å². The highest BCUT2D eigenvalue weighted by Crippen LogP contribution is 2.43. The fourth-order valence-electron chi connectivity index (χ4n) is 3.60.